The van der Waals surface area contributed by atoms with E-state index in [1.807, 2.05) is 84.9 Å². The maximum atomic E-state index is 9.52. The number of para-hydroxylation sites is 1. The minimum absolute atomic E-state index is 0.576. The number of fused-ring (bicyclic) bond motifs is 6. The van der Waals surface area contributed by atoms with Gasteiger partial charge in [-0.1, -0.05) is 115 Å². The zero-order valence-corrected chi connectivity index (χ0v) is 26.1. The number of nitriles is 1. The molecule has 0 N–H and O–H groups in total. The molecule has 0 unspecified atom stereocenters. The van der Waals surface area contributed by atoms with Gasteiger partial charge in [-0.3, -0.25) is 0 Å². The minimum atomic E-state index is 0.576. The van der Waals surface area contributed by atoms with Crippen LogP contribution in [0.15, 0.2) is 150 Å². The van der Waals surface area contributed by atoms with Gasteiger partial charge in [0.1, 0.15) is 11.2 Å². The molecule has 0 aliphatic heterocycles. The van der Waals surface area contributed by atoms with Gasteiger partial charge in [-0.25, -0.2) is 15.0 Å². The van der Waals surface area contributed by atoms with Crippen molar-refractivity contribution < 1.29 is 4.42 Å². The van der Waals surface area contributed by atoms with Crippen molar-refractivity contribution in [3.05, 3.63) is 151 Å². The summed E-state index contributed by atoms with van der Waals surface area (Å²) >= 11 is 0. The zero-order valence-electron chi connectivity index (χ0n) is 26.1. The lowest BCUT2D eigenvalue weighted by Crippen LogP contribution is -2.01. The number of nitrogens with zero attached hydrogens (tertiary/aromatic N) is 4. The molecule has 49 heavy (non-hydrogen) atoms. The minimum Gasteiger partial charge on any atom is -0.456 e. The summed E-state index contributed by atoms with van der Waals surface area (Å²) < 4.78 is 6.26. The molecule has 1 aliphatic carbocycles. The fourth-order valence-corrected chi connectivity index (χ4v) is 7.34. The van der Waals surface area contributed by atoms with Crippen LogP contribution in [0.25, 0.3) is 100 Å². The first-order valence-electron chi connectivity index (χ1n) is 16.2. The fourth-order valence-electron chi connectivity index (χ4n) is 7.34. The summed E-state index contributed by atoms with van der Waals surface area (Å²) in [6.07, 6.45) is 0. The Morgan fingerprint density at radius 3 is 1.67 bits per heavy atom. The van der Waals surface area contributed by atoms with Crippen LogP contribution in [0.4, 0.5) is 0 Å². The summed E-state index contributed by atoms with van der Waals surface area (Å²) in [6, 6.07) is 51.5. The Labute approximate surface area is 281 Å². The molecular formula is C44H24N4O. The number of benzene rings is 7. The second-order valence-electron chi connectivity index (χ2n) is 12.3. The highest BCUT2D eigenvalue weighted by atomic mass is 16.3. The lowest BCUT2D eigenvalue weighted by molar-refractivity contribution is 0.669. The molecule has 2 aromatic heterocycles. The summed E-state index contributed by atoms with van der Waals surface area (Å²) in [5.41, 5.74) is 11.8. The van der Waals surface area contributed by atoms with Crippen LogP contribution < -0.4 is 0 Å². The van der Waals surface area contributed by atoms with E-state index in [9.17, 15) is 5.26 Å². The van der Waals surface area contributed by atoms with E-state index in [1.165, 1.54) is 27.6 Å². The van der Waals surface area contributed by atoms with Crippen LogP contribution >= 0.6 is 0 Å². The van der Waals surface area contributed by atoms with Gasteiger partial charge in [-0.15, -0.1) is 0 Å². The Bertz CT molecular complexity index is 2800. The van der Waals surface area contributed by atoms with Crippen LogP contribution in [-0.4, -0.2) is 15.0 Å². The predicted octanol–water partition coefficient (Wildman–Crippen LogP) is 11.1. The number of furan rings is 1. The second kappa shape index (κ2) is 10.6. The van der Waals surface area contributed by atoms with Gasteiger partial charge >= 0.3 is 0 Å². The summed E-state index contributed by atoms with van der Waals surface area (Å²) in [7, 11) is 0. The molecule has 0 atom stereocenters. The van der Waals surface area contributed by atoms with Crippen molar-refractivity contribution in [2.75, 3.05) is 0 Å². The number of hydrogen-bond acceptors (Lipinski definition) is 5. The van der Waals surface area contributed by atoms with Gasteiger partial charge in [0.25, 0.3) is 0 Å². The van der Waals surface area contributed by atoms with Gasteiger partial charge in [0.2, 0.25) is 0 Å². The molecule has 0 fully saturated rings. The number of rotatable bonds is 4. The van der Waals surface area contributed by atoms with Crippen molar-refractivity contribution in [2.24, 2.45) is 0 Å². The summed E-state index contributed by atoms with van der Waals surface area (Å²) in [6.45, 7) is 0. The van der Waals surface area contributed by atoms with Gasteiger partial charge < -0.3 is 4.42 Å². The van der Waals surface area contributed by atoms with Crippen molar-refractivity contribution in [3.63, 3.8) is 0 Å². The molecule has 5 nitrogen and oxygen atoms in total. The van der Waals surface area contributed by atoms with E-state index >= 15 is 0 Å². The maximum absolute atomic E-state index is 9.52. The molecule has 1 aliphatic rings. The first-order valence-corrected chi connectivity index (χ1v) is 16.2. The highest BCUT2D eigenvalue weighted by Gasteiger charge is 2.26. The third kappa shape index (κ3) is 4.15. The van der Waals surface area contributed by atoms with Crippen molar-refractivity contribution >= 4 is 32.7 Å². The van der Waals surface area contributed by atoms with Crippen molar-refractivity contribution in [3.8, 4) is 73.6 Å². The fraction of sp³-hybridized carbons (Fsp3) is 0. The molecule has 9 aromatic rings. The molecule has 0 spiro atoms. The molecule has 10 rings (SSSR count). The topological polar surface area (TPSA) is 75.6 Å². The molecule has 0 saturated carbocycles. The third-order valence-corrected chi connectivity index (χ3v) is 9.54. The molecule has 7 aromatic carbocycles. The number of hydrogen-bond donors (Lipinski definition) is 0. The Morgan fingerprint density at radius 2 is 0.939 bits per heavy atom. The van der Waals surface area contributed by atoms with Crippen LogP contribution in [-0.2, 0) is 0 Å². The second-order valence-corrected chi connectivity index (χ2v) is 12.3. The van der Waals surface area contributed by atoms with Crippen LogP contribution in [0.1, 0.15) is 5.56 Å². The molecule has 2 heterocycles. The van der Waals surface area contributed by atoms with E-state index in [2.05, 4.69) is 66.7 Å². The van der Waals surface area contributed by atoms with E-state index in [0.29, 0.717) is 23.0 Å². The average molecular weight is 625 g/mol. The molecule has 5 heteroatoms. The summed E-state index contributed by atoms with van der Waals surface area (Å²) in [4.78, 5) is 15.6. The van der Waals surface area contributed by atoms with Crippen molar-refractivity contribution in [1.29, 1.82) is 5.26 Å². The predicted molar refractivity (Wildman–Crippen MR) is 195 cm³/mol. The van der Waals surface area contributed by atoms with Crippen LogP contribution in [0.2, 0.25) is 0 Å². The lowest BCUT2D eigenvalue weighted by Gasteiger charge is -2.15. The quantitative estimate of drug-likeness (QED) is 0.195. The molecule has 0 saturated heterocycles. The van der Waals surface area contributed by atoms with E-state index in [1.54, 1.807) is 0 Å². The first-order chi connectivity index (χ1) is 24.2. The number of aromatic nitrogens is 3. The smallest absolute Gasteiger partial charge is 0.164 e. The Morgan fingerprint density at radius 1 is 0.388 bits per heavy atom. The standard InChI is InChI=1S/C44H24N4O/c45-25-26-17-19-27(20-18-26)29-21-22-32-30-11-4-5-12-31(30)33-23-24-36(40(29)41(32)33)44-47-42(28-9-2-1-3-10-28)46-43(48-44)35-14-8-16-38-39(35)34-13-6-7-15-37(34)49-38/h1-24H. The SMILES string of the molecule is N#Cc1ccc(-c2ccc3c4c(ccc(-c5nc(-c6ccccc6)nc(-c6cccc7oc8ccccc8c67)n5)c24)-c2ccccc2-3)cc1. The molecule has 226 valence electrons. The van der Waals surface area contributed by atoms with E-state index in [0.717, 1.165) is 55.1 Å². The van der Waals surface area contributed by atoms with E-state index in [4.69, 9.17) is 19.4 Å². The average Bonchev–Trinajstić information content (AvgIpc) is 3.72. The normalized spacial score (nSPS) is 11.7. The Balaban J connectivity index is 1.30. The Hall–Kier alpha value is -6.90. The maximum Gasteiger partial charge on any atom is 0.164 e. The van der Waals surface area contributed by atoms with Crippen molar-refractivity contribution in [1.82, 2.24) is 15.0 Å². The van der Waals surface area contributed by atoms with Gasteiger partial charge in [0.15, 0.2) is 17.5 Å². The van der Waals surface area contributed by atoms with Gasteiger partial charge in [-0.2, -0.15) is 5.26 Å². The van der Waals surface area contributed by atoms with Crippen LogP contribution in [0.5, 0.6) is 0 Å². The van der Waals surface area contributed by atoms with Gasteiger partial charge in [0, 0.05) is 32.8 Å². The van der Waals surface area contributed by atoms with Gasteiger partial charge in [0.05, 0.1) is 11.6 Å². The Kier molecular flexibility index (Phi) is 5.87. The summed E-state index contributed by atoms with van der Waals surface area (Å²) in [5, 5.41) is 13.8. The van der Waals surface area contributed by atoms with Crippen LogP contribution in [0.3, 0.4) is 0 Å². The van der Waals surface area contributed by atoms with E-state index in [-0.39, 0.29) is 0 Å². The molecular weight excluding hydrogens is 601 g/mol. The molecule has 0 radical (unpaired) electrons. The highest BCUT2D eigenvalue weighted by molar-refractivity contribution is 6.22. The zero-order chi connectivity index (χ0) is 32.5. The van der Waals surface area contributed by atoms with E-state index < -0.39 is 0 Å². The monoisotopic (exact) mass is 624 g/mol. The lowest BCUT2D eigenvalue weighted by atomic mass is 9.90. The molecule has 0 amide bonds. The first kappa shape index (κ1) is 27.2. The molecule has 0 bridgehead atoms. The largest absolute Gasteiger partial charge is 0.456 e. The third-order valence-electron chi connectivity index (χ3n) is 9.54. The van der Waals surface area contributed by atoms with Crippen LogP contribution in [0, 0.1) is 11.3 Å². The highest BCUT2D eigenvalue weighted by Crippen LogP contribution is 2.51. The summed E-state index contributed by atoms with van der Waals surface area (Å²) in [5.74, 6) is 1.76. The van der Waals surface area contributed by atoms with Gasteiger partial charge in [-0.05, 0) is 69.1 Å². The van der Waals surface area contributed by atoms with Crippen molar-refractivity contribution in [2.45, 2.75) is 0 Å².